The first-order valence-corrected chi connectivity index (χ1v) is 9.79. The lowest BCUT2D eigenvalue weighted by atomic mass is 10.1. The molecule has 0 bridgehead atoms. The Labute approximate surface area is 159 Å². The van der Waals surface area contributed by atoms with Gasteiger partial charge in [0.1, 0.15) is 5.82 Å². The van der Waals surface area contributed by atoms with Crippen LogP contribution in [0, 0.1) is 5.82 Å². The fourth-order valence-corrected chi connectivity index (χ4v) is 3.97. The van der Waals surface area contributed by atoms with Gasteiger partial charge < -0.3 is 10.6 Å². The van der Waals surface area contributed by atoms with Gasteiger partial charge in [-0.2, -0.15) is 11.3 Å². The Bertz CT molecular complexity index is 1140. The number of thiophene rings is 1. The lowest BCUT2D eigenvalue weighted by molar-refractivity contribution is 0.617. The van der Waals surface area contributed by atoms with Crippen LogP contribution >= 0.6 is 11.3 Å². The van der Waals surface area contributed by atoms with Crippen LogP contribution in [0.25, 0.3) is 27.5 Å². The van der Waals surface area contributed by atoms with E-state index >= 15 is 0 Å². The first-order chi connectivity index (χ1) is 13.1. The maximum absolute atomic E-state index is 14.9. The smallest absolute Gasteiger partial charge is 0.280 e. The van der Waals surface area contributed by atoms with Gasteiger partial charge in [-0.25, -0.2) is 9.07 Å². The lowest BCUT2D eigenvalue weighted by Gasteiger charge is -2.24. The zero-order valence-electron chi connectivity index (χ0n) is 14.9. The fraction of sp³-hybridized carbons (Fsp3) is 0.263. The molecule has 0 spiro atoms. The largest absolute Gasteiger partial charge is 0.368 e. The van der Waals surface area contributed by atoms with Crippen molar-refractivity contribution < 1.29 is 4.39 Å². The molecule has 3 aromatic heterocycles. The summed E-state index contributed by atoms with van der Waals surface area (Å²) in [6, 6.07) is 5.04. The van der Waals surface area contributed by atoms with Crippen molar-refractivity contribution in [2.45, 2.75) is 13.3 Å². The molecular weight excluding hydrogens is 365 g/mol. The van der Waals surface area contributed by atoms with Crippen molar-refractivity contribution >= 4 is 38.8 Å². The number of pyridine rings is 1. The van der Waals surface area contributed by atoms with Gasteiger partial charge >= 0.3 is 0 Å². The normalized spacial score (nSPS) is 11.5. The third-order valence-corrected chi connectivity index (χ3v) is 5.26. The molecule has 0 unspecified atom stereocenters. The number of nitrogens with one attached hydrogen (secondary N) is 1. The number of nitrogens with zero attached hydrogens (tertiary/aromatic N) is 3. The van der Waals surface area contributed by atoms with Gasteiger partial charge in [0.15, 0.2) is 0 Å². The zero-order chi connectivity index (χ0) is 19.0. The molecule has 0 radical (unpaired) electrons. The van der Waals surface area contributed by atoms with Crippen molar-refractivity contribution in [1.29, 1.82) is 0 Å². The number of benzene rings is 1. The molecule has 27 heavy (non-hydrogen) atoms. The van der Waals surface area contributed by atoms with Crippen LogP contribution in [0.5, 0.6) is 0 Å². The monoisotopic (exact) mass is 385 g/mol. The molecule has 6 nitrogen and oxygen atoms in total. The van der Waals surface area contributed by atoms with E-state index in [1.807, 2.05) is 28.7 Å². The van der Waals surface area contributed by atoms with Crippen LogP contribution in [0.15, 0.2) is 40.0 Å². The summed E-state index contributed by atoms with van der Waals surface area (Å²) in [6.45, 7) is 3.78. The maximum Gasteiger partial charge on any atom is 0.280 e. The Hall–Kier alpha value is -2.71. The van der Waals surface area contributed by atoms with E-state index in [1.165, 1.54) is 22.1 Å². The van der Waals surface area contributed by atoms with Gasteiger partial charge in [-0.1, -0.05) is 6.92 Å². The predicted octanol–water partition coefficient (Wildman–Crippen LogP) is 3.24. The van der Waals surface area contributed by atoms with Gasteiger partial charge in [-0.05, 0) is 30.0 Å². The second kappa shape index (κ2) is 7.13. The minimum atomic E-state index is -0.345. The Morgan fingerprint density at radius 2 is 2.19 bits per heavy atom. The maximum atomic E-state index is 14.9. The summed E-state index contributed by atoms with van der Waals surface area (Å²) in [5.74, 6) is -0.345. The third-order valence-electron chi connectivity index (χ3n) is 4.59. The van der Waals surface area contributed by atoms with Gasteiger partial charge in [0.05, 0.1) is 27.8 Å². The lowest BCUT2D eigenvalue weighted by Crippen LogP contribution is -2.30. The van der Waals surface area contributed by atoms with E-state index in [4.69, 9.17) is 5.73 Å². The molecule has 3 N–H and O–H groups in total. The molecule has 1 aromatic carbocycles. The van der Waals surface area contributed by atoms with E-state index in [9.17, 15) is 9.18 Å². The standard InChI is InChI=1S/C19H20FN5OS/c1-2-5-24(6-4-21)17-9-16-13(8-15(17)20)18-14(10-22-16)19(26)25(23-18)12-3-7-27-11-12/h3,7-11,23H,2,4-6,21H2,1H3. The van der Waals surface area contributed by atoms with Crippen molar-refractivity contribution in [2.75, 3.05) is 24.5 Å². The number of rotatable bonds is 6. The number of nitrogens with two attached hydrogens (primary N) is 1. The average Bonchev–Trinajstić information content (AvgIpc) is 3.29. The predicted molar refractivity (Wildman–Crippen MR) is 109 cm³/mol. The van der Waals surface area contributed by atoms with Gasteiger partial charge in [-0.15, -0.1) is 0 Å². The van der Waals surface area contributed by atoms with E-state index in [0.29, 0.717) is 47.1 Å². The molecule has 0 aliphatic carbocycles. The number of halogens is 1. The summed E-state index contributed by atoms with van der Waals surface area (Å²) < 4.78 is 16.4. The highest BCUT2D eigenvalue weighted by molar-refractivity contribution is 7.08. The third kappa shape index (κ3) is 3.00. The van der Waals surface area contributed by atoms with Gasteiger partial charge in [0.2, 0.25) is 0 Å². The van der Waals surface area contributed by atoms with Crippen molar-refractivity contribution in [3.8, 4) is 5.69 Å². The number of fused-ring (bicyclic) bond motifs is 3. The molecule has 0 saturated carbocycles. The Kier molecular flexibility index (Phi) is 4.67. The topological polar surface area (TPSA) is 79.9 Å². The summed E-state index contributed by atoms with van der Waals surface area (Å²) in [4.78, 5) is 19.0. The van der Waals surface area contributed by atoms with E-state index in [1.54, 1.807) is 12.3 Å². The fourth-order valence-electron chi connectivity index (χ4n) is 3.35. The number of hydrogen-bond donors (Lipinski definition) is 2. The van der Waals surface area contributed by atoms with Crippen LogP contribution in [-0.2, 0) is 0 Å². The highest BCUT2D eigenvalue weighted by Crippen LogP contribution is 2.28. The molecule has 3 heterocycles. The quantitative estimate of drug-likeness (QED) is 0.534. The van der Waals surface area contributed by atoms with Crippen LogP contribution in [0.1, 0.15) is 13.3 Å². The molecule has 0 aliphatic rings. The summed E-state index contributed by atoms with van der Waals surface area (Å²) in [5, 5.41) is 7.90. The number of anilines is 1. The molecule has 0 saturated heterocycles. The molecule has 8 heteroatoms. The SMILES string of the molecule is CCCN(CCN)c1cc2ncc3c(=O)n(-c4ccsc4)[nH]c3c2cc1F. The molecule has 0 fully saturated rings. The minimum absolute atomic E-state index is 0.196. The van der Waals surface area contributed by atoms with E-state index in [0.717, 1.165) is 12.1 Å². The highest BCUT2D eigenvalue weighted by Gasteiger charge is 2.17. The van der Waals surface area contributed by atoms with Crippen molar-refractivity contribution in [3.63, 3.8) is 0 Å². The molecule has 0 aliphatic heterocycles. The van der Waals surface area contributed by atoms with Crippen molar-refractivity contribution in [2.24, 2.45) is 5.73 Å². The van der Waals surface area contributed by atoms with Crippen LogP contribution < -0.4 is 16.2 Å². The van der Waals surface area contributed by atoms with Crippen LogP contribution in [0.2, 0.25) is 0 Å². The van der Waals surface area contributed by atoms with Crippen LogP contribution in [0.3, 0.4) is 0 Å². The average molecular weight is 385 g/mol. The molecule has 4 aromatic rings. The summed E-state index contributed by atoms with van der Waals surface area (Å²) in [7, 11) is 0. The molecule has 0 atom stereocenters. The minimum Gasteiger partial charge on any atom is -0.368 e. The van der Waals surface area contributed by atoms with E-state index in [-0.39, 0.29) is 11.4 Å². The number of hydrogen-bond acceptors (Lipinski definition) is 5. The summed E-state index contributed by atoms with van der Waals surface area (Å²) in [5.41, 5.74) is 7.94. The first-order valence-electron chi connectivity index (χ1n) is 8.84. The summed E-state index contributed by atoms with van der Waals surface area (Å²) in [6.07, 6.45) is 2.44. The van der Waals surface area contributed by atoms with E-state index in [2.05, 4.69) is 10.1 Å². The van der Waals surface area contributed by atoms with Crippen molar-refractivity contribution in [1.82, 2.24) is 14.8 Å². The molecule has 4 rings (SSSR count). The van der Waals surface area contributed by atoms with E-state index < -0.39 is 0 Å². The first kappa shape index (κ1) is 17.7. The van der Waals surface area contributed by atoms with Crippen LogP contribution in [0.4, 0.5) is 10.1 Å². The summed E-state index contributed by atoms with van der Waals surface area (Å²) >= 11 is 1.50. The molecule has 0 amide bonds. The Balaban J connectivity index is 1.91. The highest BCUT2D eigenvalue weighted by atomic mass is 32.1. The second-order valence-electron chi connectivity index (χ2n) is 6.38. The van der Waals surface area contributed by atoms with Crippen molar-refractivity contribution in [3.05, 3.63) is 51.3 Å². The van der Waals surface area contributed by atoms with Gasteiger partial charge in [-0.3, -0.25) is 14.9 Å². The van der Waals surface area contributed by atoms with Crippen LogP contribution in [-0.4, -0.2) is 34.4 Å². The second-order valence-corrected chi connectivity index (χ2v) is 7.16. The van der Waals surface area contributed by atoms with Gasteiger partial charge in [0, 0.05) is 36.6 Å². The Morgan fingerprint density at radius 3 is 2.89 bits per heavy atom. The molecular formula is C19H20FN5OS. The number of H-pyrrole nitrogens is 1. The number of aromatic nitrogens is 3. The Morgan fingerprint density at radius 1 is 1.33 bits per heavy atom. The number of aromatic amines is 1. The zero-order valence-corrected chi connectivity index (χ0v) is 15.7. The van der Waals surface area contributed by atoms with Gasteiger partial charge in [0.25, 0.3) is 5.56 Å². The molecule has 140 valence electrons.